The second-order valence-corrected chi connectivity index (χ2v) is 3.06. The molecule has 0 saturated heterocycles. The van der Waals surface area contributed by atoms with Crippen LogP contribution in [0.1, 0.15) is 19.5 Å². The smallest absolute Gasteiger partial charge is 0.0899 e. The summed E-state index contributed by atoms with van der Waals surface area (Å²) in [6, 6.07) is 0. The fraction of sp³-hybridized carbons (Fsp3) is 0.571. The van der Waals surface area contributed by atoms with E-state index in [1.54, 1.807) is 11.3 Å². The Morgan fingerprint density at radius 2 is 2.50 bits per heavy atom. The lowest BCUT2D eigenvalue weighted by molar-refractivity contribution is 0.0639. The Hall–Kier alpha value is -0.410. The van der Waals surface area contributed by atoms with Crippen LogP contribution in [0.3, 0.4) is 0 Å². The Morgan fingerprint density at radius 3 is 3.00 bits per heavy atom. The highest BCUT2D eigenvalue weighted by Crippen LogP contribution is 2.03. The first kappa shape index (κ1) is 7.69. The molecule has 0 N–H and O–H groups in total. The zero-order chi connectivity index (χ0) is 7.40. The van der Waals surface area contributed by atoms with E-state index in [4.69, 9.17) is 4.74 Å². The molecule has 0 unspecified atom stereocenters. The van der Waals surface area contributed by atoms with Crippen LogP contribution in [-0.4, -0.2) is 11.1 Å². The van der Waals surface area contributed by atoms with Gasteiger partial charge in [-0.1, -0.05) is 0 Å². The van der Waals surface area contributed by atoms with E-state index in [-0.39, 0.29) is 0 Å². The summed E-state index contributed by atoms with van der Waals surface area (Å²) in [6.45, 7) is 4.68. The van der Waals surface area contributed by atoms with Gasteiger partial charge in [0.2, 0.25) is 0 Å². The fourth-order valence-electron chi connectivity index (χ4n) is 0.561. The van der Waals surface area contributed by atoms with E-state index >= 15 is 0 Å². The molecule has 2 nitrogen and oxygen atoms in total. The van der Waals surface area contributed by atoms with Crippen molar-refractivity contribution in [2.45, 2.75) is 26.6 Å². The molecule has 0 radical (unpaired) electrons. The summed E-state index contributed by atoms with van der Waals surface area (Å²) in [6.07, 6.45) is 0.293. The van der Waals surface area contributed by atoms with E-state index in [9.17, 15) is 0 Å². The molecule has 0 fully saturated rings. The number of hydrogen-bond donors (Lipinski definition) is 0. The molecule has 1 aromatic rings. The highest BCUT2D eigenvalue weighted by molar-refractivity contribution is 7.07. The molecule has 0 bridgehead atoms. The van der Waals surface area contributed by atoms with Gasteiger partial charge in [0, 0.05) is 5.38 Å². The van der Waals surface area contributed by atoms with E-state index < -0.39 is 0 Å². The molecular formula is C7H11NOS. The summed E-state index contributed by atoms with van der Waals surface area (Å²) >= 11 is 1.60. The van der Waals surface area contributed by atoms with Crippen LogP contribution < -0.4 is 0 Å². The zero-order valence-corrected chi connectivity index (χ0v) is 7.02. The van der Waals surface area contributed by atoms with Gasteiger partial charge in [-0.05, 0) is 13.8 Å². The molecule has 1 heterocycles. The lowest BCUT2D eigenvalue weighted by Crippen LogP contribution is -2.01. The van der Waals surface area contributed by atoms with Crippen molar-refractivity contribution >= 4 is 11.3 Å². The van der Waals surface area contributed by atoms with E-state index in [2.05, 4.69) is 4.98 Å². The van der Waals surface area contributed by atoms with Crippen molar-refractivity contribution in [3.63, 3.8) is 0 Å². The van der Waals surface area contributed by atoms with Gasteiger partial charge < -0.3 is 4.74 Å². The van der Waals surface area contributed by atoms with Crippen molar-refractivity contribution in [3.8, 4) is 0 Å². The number of rotatable bonds is 3. The molecule has 10 heavy (non-hydrogen) atoms. The second-order valence-electron chi connectivity index (χ2n) is 2.34. The van der Waals surface area contributed by atoms with Crippen LogP contribution in [0.25, 0.3) is 0 Å². The molecule has 0 aromatic carbocycles. The van der Waals surface area contributed by atoms with Gasteiger partial charge in [0.05, 0.1) is 23.9 Å². The van der Waals surface area contributed by atoms with Crippen LogP contribution in [0, 0.1) is 0 Å². The largest absolute Gasteiger partial charge is 0.372 e. The van der Waals surface area contributed by atoms with Gasteiger partial charge in [0.15, 0.2) is 0 Å². The summed E-state index contributed by atoms with van der Waals surface area (Å²) in [5.74, 6) is 0. The minimum Gasteiger partial charge on any atom is -0.372 e. The summed E-state index contributed by atoms with van der Waals surface area (Å²) < 4.78 is 5.33. The predicted octanol–water partition coefficient (Wildman–Crippen LogP) is 2.07. The summed E-state index contributed by atoms with van der Waals surface area (Å²) in [5.41, 5.74) is 2.85. The van der Waals surface area contributed by atoms with Crippen molar-refractivity contribution < 1.29 is 4.74 Å². The molecule has 0 atom stereocenters. The standard InChI is InChI=1S/C7H11NOS/c1-6(2)9-3-7-4-10-5-8-7/h4-6H,3H2,1-2H3. The lowest BCUT2D eigenvalue weighted by atomic mass is 10.4. The molecule has 0 spiro atoms. The van der Waals surface area contributed by atoms with Crippen LogP contribution in [0.5, 0.6) is 0 Å². The van der Waals surface area contributed by atoms with Crippen LogP contribution in [0.15, 0.2) is 10.9 Å². The molecule has 0 aliphatic heterocycles. The SMILES string of the molecule is CC(C)OCc1cscn1. The van der Waals surface area contributed by atoms with Gasteiger partial charge in [0.1, 0.15) is 0 Å². The first-order valence-electron chi connectivity index (χ1n) is 3.27. The van der Waals surface area contributed by atoms with Crippen molar-refractivity contribution in [1.29, 1.82) is 0 Å². The predicted molar refractivity (Wildman–Crippen MR) is 42.0 cm³/mol. The first-order chi connectivity index (χ1) is 4.79. The van der Waals surface area contributed by atoms with E-state index in [1.165, 1.54) is 0 Å². The Kier molecular flexibility index (Phi) is 2.83. The molecule has 1 rings (SSSR count). The van der Waals surface area contributed by atoms with E-state index in [0.717, 1.165) is 5.69 Å². The van der Waals surface area contributed by atoms with E-state index in [1.807, 2.05) is 24.7 Å². The Labute approximate surface area is 64.9 Å². The molecule has 0 aliphatic carbocycles. The van der Waals surface area contributed by atoms with Gasteiger partial charge in [-0.15, -0.1) is 11.3 Å². The Bertz CT molecular complexity index is 172. The topological polar surface area (TPSA) is 22.1 Å². The zero-order valence-electron chi connectivity index (χ0n) is 6.20. The minimum atomic E-state index is 0.293. The summed E-state index contributed by atoms with van der Waals surface area (Å²) in [4.78, 5) is 4.08. The van der Waals surface area contributed by atoms with Crippen LogP contribution >= 0.6 is 11.3 Å². The molecule has 3 heteroatoms. The number of nitrogens with zero attached hydrogens (tertiary/aromatic N) is 1. The third-order valence-corrected chi connectivity index (χ3v) is 1.68. The van der Waals surface area contributed by atoms with Gasteiger partial charge in [-0.3, -0.25) is 0 Å². The van der Waals surface area contributed by atoms with Crippen LogP contribution in [-0.2, 0) is 11.3 Å². The Morgan fingerprint density at radius 1 is 1.70 bits per heavy atom. The summed E-state index contributed by atoms with van der Waals surface area (Å²) in [5, 5.41) is 2.00. The molecule has 1 aromatic heterocycles. The van der Waals surface area contributed by atoms with Gasteiger partial charge >= 0.3 is 0 Å². The maximum atomic E-state index is 5.33. The Balaban J connectivity index is 2.28. The lowest BCUT2D eigenvalue weighted by Gasteiger charge is -2.03. The molecule has 0 aliphatic rings. The number of ether oxygens (including phenoxy) is 1. The van der Waals surface area contributed by atoms with Gasteiger partial charge in [-0.25, -0.2) is 4.98 Å². The molecule has 0 saturated carbocycles. The monoisotopic (exact) mass is 157 g/mol. The molecule has 0 amide bonds. The number of aromatic nitrogens is 1. The van der Waals surface area contributed by atoms with Crippen molar-refractivity contribution in [3.05, 3.63) is 16.6 Å². The van der Waals surface area contributed by atoms with Crippen molar-refractivity contribution in [2.75, 3.05) is 0 Å². The maximum Gasteiger partial charge on any atom is 0.0899 e. The third kappa shape index (κ3) is 2.45. The molecule has 56 valence electrons. The highest BCUT2D eigenvalue weighted by atomic mass is 32.1. The van der Waals surface area contributed by atoms with Gasteiger partial charge in [-0.2, -0.15) is 0 Å². The van der Waals surface area contributed by atoms with Crippen LogP contribution in [0.2, 0.25) is 0 Å². The minimum absolute atomic E-state index is 0.293. The molecular weight excluding hydrogens is 146 g/mol. The van der Waals surface area contributed by atoms with Crippen molar-refractivity contribution in [1.82, 2.24) is 4.98 Å². The fourth-order valence-corrected chi connectivity index (χ4v) is 1.10. The summed E-state index contributed by atoms with van der Waals surface area (Å²) in [7, 11) is 0. The average Bonchev–Trinajstić information content (AvgIpc) is 2.34. The van der Waals surface area contributed by atoms with Gasteiger partial charge in [0.25, 0.3) is 0 Å². The highest BCUT2D eigenvalue weighted by Gasteiger charge is 1.96. The average molecular weight is 157 g/mol. The normalized spacial score (nSPS) is 10.7. The number of thiazole rings is 1. The third-order valence-electron chi connectivity index (χ3n) is 1.05. The number of hydrogen-bond acceptors (Lipinski definition) is 3. The maximum absolute atomic E-state index is 5.33. The quantitative estimate of drug-likeness (QED) is 0.670. The second kappa shape index (κ2) is 3.68. The van der Waals surface area contributed by atoms with Crippen molar-refractivity contribution in [2.24, 2.45) is 0 Å². The first-order valence-corrected chi connectivity index (χ1v) is 4.22. The van der Waals surface area contributed by atoms with E-state index in [0.29, 0.717) is 12.7 Å². The van der Waals surface area contributed by atoms with Crippen LogP contribution in [0.4, 0.5) is 0 Å².